The molecule has 2 aromatic carbocycles. The number of fused-ring (bicyclic) bond motifs is 3. The van der Waals surface area contributed by atoms with E-state index in [-0.39, 0.29) is 17.1 Å². The molecule has 29 heavy (non-hydrogen) atoms. The summed E-state index contributed by atoms with van der Waals surface area (Å²) in [6.45, 7) is 1.85. The van der Waals surface area contributed by atoms with Gasteiger partial charge in [0.2, 0.25) is 10.0 Å². The number of carbonyl (C=O) groups is 1. The van der Waals surface area contributed by atoms with Crippen molar-refractivity contribution in [1.29, 1.82) is 0 Å². The first-order valence-corrected chi connectivity index (χ1v) is 10.8. The summed E-state index contributed by atoms with van der Waals surface area (Å²) < 4.78 is 67.0. The number of alkyl halides is 3. The first kappa shape index (κ1) is 20.1. The second kappa shape index (κ2) is 6.95. The minimum Gasteiger partial charge on any atom is -0.299 e. The van der Waals surface area contributed by atoms with Crippen molar-refractivity contribution in [1.82, 2.24) is 4.31 Å². The van der Waals surface area contributed by atoms with Crippen LogP contribution in [0.25, 0.3) is 0 Å². The molecular weight excluding hydrogens is 403 g/mol. The lowest BCUT2D eigenvalue weighted by Gasteiger charge is -2.49. The second-order valence-electron chi connectivity index (χ2n) is 7.72. The number of nitrogens with zero attached hydrogens (tertiary/aromatic N) is 1. The number of ketones is 1. The van der Waals surface area contributed by atoms with Crippen molar-refractivity contribution in [2.45, 2.75) is 49.3 Å². The van der Waals surface area contributed by atoms with Gasteiger partial charge in [-0.3, -0.25) is 4.79 Å². The largest absolute Gasteiger partial charge is 0.416 e. The van der Waals surface area contributed by atoms with Gasteiger partial charge >= 0.3 is 6.18 Å². The van der Waals surface area contributed by atoms with Crippen LogP contribution in [0.2, 0.25) is 0 Å². The van der Waals surface area contributed by atoms with E-state index in [4.69, 9.17) is 0 Å². The highest BCUT2D eigenvalue weighted by Crippen LogP contribution is 2.48. The number of rotatable bonds is 3. The number of Topliss-reactive ketones (excluding diaryl/α,β-unsaturated/α-hetero) is 1. The number of hydrogen-bond donors (Lipinski definition) is 0. The molecule has 2 aromatic rings. The van der Waals surface area contributed by atoms with Crippen LogP contribution in [0.1, 0.15) is 42.0 Å². The summed E-state index contributed by atoms with van der Waals surface area (Å²) in [6.07, 6.45) is -3.23. The summed E-state index contributed by atoms with van der Waals surface area (Å²) in [5.74, 6) is -0.571. The van der Waals surface area contributed by atoms with E-state index >= 15 is 0 Å². The Hall–Kier alpha value is -2.19. The van der Waals surface area contributed by atoms with Crippen molar-refractivity contribution in [3.05, 3.63) is 65.2 Å². The number of sulfonamides is 1. The molecule has 0 spiro atoms. The van der Waals surface area contributed by atoms with Gasteiger partial charge in [0.15, 0.2) is 0 Å². The van der Waals surface area contributed by atoms with Crippen LogP contribution in [-0.4, -0.2) is 24.5 Å². The Bertz CT molecular complexity index is 1030. The lowest BCUT2D eigenvalue weighted by Crippen LogP contribution is -2.56. The number of carbonyl (C=O) groups excluding carboxylic acids is 1. The van der Waals surface area contributed by atoms with E-state index in [1.807, 2.05) is 6.92 Å². The molecule has 0 unspecified atom stereocenters. The van der Waals surface area contributed by atoms with E-state index in [2.05, 4.69) is 0 Å². The van der Waals surface area contributed by atoms with Crippen LogP contribution >= 0.6 is 0 Å². The van der Waals surface area contributed by atoms with Gasteiger partial charge in [0.25, 0.3) is 0 Å². The Morgan fingerprint density at radius 1 is 0.966 bits per heavy atom. The third kappa shape index (κ3) is 3.48. The molecule has 3 fully saturated rings. The molecule has 1 aliphatic carbocycles. The molecule has 2 bridgehead atoms. The lowest BCUT2D eigenvalue weighted by molar-refractivity contribution is -0.138. The molecule has 2 aliphatic heterocycles. The average molecular weight is 423 g/mol. The van der Waals surface area contributed by atoms with Crippen molar-refractivity contribution in [3.63, 3.8) is 0 Å². The fraction of sp³-hybridized carbons (Fsp3) is 0.381. The zero-order chi connectivity index (χ0) is 21.0. The van der Waals surface area contributed by atoms with Gasteiger partial charge in [0, 0.05) is 18.4 Å². The van der Waals surface area contributed by atoms with Gasteiger partial charge < -0.3 is 0 Å². The Balaban J connectivity index is 1.79. The summed E-state index contributed by atoms with van der Waals surface area (Å²) in [5.41, 5.74) is 0.525. The molecule has 2 saturated heterocycles. The maximum atomic E-state index is 13.4. The molecule has 154 valence electrons. The van der Waals surface area contributed by atoms with E-state index in [0.717, 1.165) is 17.7 Å². The monoisotopic (exact) mass is 423 g/mol. The lowest BCUT2D eigenvalue weighted by atomic mass is 9.73. The summed E-state index contributed by atoms with van der Waals surface area (Å²) >= 11 is 0. The van der Waals surface area contributed by atoms with Crippen molar-refractivity contribution < 1.29 is 26.4 Å². The fourth-order valence-corrected chi connectivity index (χ4v) is 6.26. The number of hydrogen-bond acceptors (Lipinski definition) is 3. The average Bonchev–Trinajstić information content (AvgIpc) is 2.67. The van der Waals surface area contributed by atoms with Gasteiger partial charge in [-0.05, 0) is 49.6 Å². The highest BCUT2D eigenvalue weighted by atomic mass is 32.2. The molecule has 0 aromatic heterocycles. The predicted octanol–water partition coefficient (Wildman–Crippen LogP) is 4.50. The van der Waals surface area contributed by atoms with Crippen LogP contribution in [-0.2, 0) is 21.0 Å². The maximum Gasteiger partial charge on any atom is 0.416 e. The molecular formula is C21H20F3NO3S. The van der Waals surface area contributed by atoms with Crippen molar-refractivity contribution in [3.8, 4) is 0 Å². The molecule has 0 N–H and O–H groups in total. The maximum absolute atomic E-state index is 13.4. The molecule has 1 saturated carbocycles. The zero-order valence-corrected chi connectivity index (χ0v) is 16.5. The van der Waals surface area contributed by atoms with Crippen LogP contribution in [0.5, 0.6) is 0 Å². The van der Waals surface area contributed by atoms with Crippen LogP contribution in [0, 0.1) is 12.8 Å². The van der Waals surface area contributed by atoms with Crippen LogP contribution in [0.15, 0.2) is 53.4 Å². The number of piperidine rings is 2. The Morgan fingerprint density at radius 2 is 1.59 bits per heavy atom. The number of benzene rings is 2. The van der Waals surface area contributed by atoms with E-state index in [0.29, 0.717) is 18.4 Å². The zero-order valence-electron chi connectivity index (χ0n) is 15.7. The van der Waals surface area contributed by atoms with E-state index in [1.54, 1.807) is 12.1 Å². The van der Waals surface area contributed by atoms with Gasteiger partial charge in [-0.25, -0.2) is 8.42 Å². The number of halogens is 3. The molecule has 5 rings (SSSR count). The quantitative estimate of drug-likeness (QED) is 0.731. The third-order valence-electron chi connectivity index (χ3n) is 5.85. The smallest absolute Gasteiger partial charge is 0.299 e. The highest BCUT2D eigenvalue weighted by Gasteiger charge is 2.52. The molecule has 0 radical (unpaired) electrons. The van der Waals surface area contributed by atoms with Gasteiger partial charge in [0.05, 0.1) is 16.5 Å². The third-order valence-corrected chi connectivity index (χ3v) is 7.80. The van der Waals surface area contributed by atoms with Crippen LogP contribution in [0.3, 0.4) is 0 Å². The Morgan fingerprint density at radius 3 is 2.14 bits per heavy atom. The molecule has 0 amide bonds. The second-order valence-corrected chi connectivity index (χ2v) is 9.56. The van der Waals surface area contributed by atoms with Gasteiger partial charge in [-0.15, -0.1) is 0 Å². The van der Waals surface area contributed by atoms with Crippen molar-refractivity contribution >= 4 is 15.8 Å². The first-order chi connectivity index (χ1) is 13.6. The normalized spacial score (nSPS) is 25.4. The highest BCUT2D eigenvalue weighted by molar-refractivity contribution is 7.89. The fourth-order valence-electron chi connectivity index (χ4n) is 4.40. The van der Waals surface area contributed by atoms with Crippen LogP contribution in [0.4, 0.5) is 13.2 Å². The Labute approximate surface area is 167 Å². The van der Waals surface area contributed by atoms with Gasteiger partial charge in [-0.2, -0.15) is 17.5 Å². The Kier molecular flexibility index (Phi) is 4.82. The topological polar surface area (TPSA) is 54.5 Å². The summed E-state index contributed by atoms with van der Waals surface area (Å²) in [7, 11) is -3.91. The number of aryl methyl sites for hydroxylation is 1. The minimum atomic E-state index is -4.48. The van der Waals surface area contributed by atoms with Crippen molar-refractivity contribution in [2.24, 2.45) is 5.92 Å². The molecule has 3 atom stereocenters. The van der Waals surface area contributed by atoms with Crippen LogP contribution < -0.4 is 0 Å². The summed E-state index contributed by atoms with van der Waals surface area (Å²) in [4.78, 5) is 12.6. The van der Waals surface area contributed by atoms with Gasteiger partial charge in [0.1, 0.15) is 5.78 Å². The summed E-state index contributed by atoms with van der Waals surface area (Å²) in [6, 6.07) is 9.66. The van der Waals surface area contributed by atoms with E-state index < -0.39 is 39.8 Å². The van der Waals surface area contributed by atoms with Gasteiger partial charge in [-0.1, -0.05) is 29.8 Å². The SMILES string of the molecule is Cc1ccc(S(=O)(=O)N2[C@H]3CC[C@H](C(=O)C3)[C@H]2c2ccc(C(F)(F)F)cc2)cc1. The standard InChI is InChI=1S/C21H20F3NO3S/c1-13-2-9-17(10-3-13)29(27,28)25-16-8-11-18(19(26)12-16)20(25)14-4-6-15(7-5-14)21(22,23)24/h2-7,9-10,16,18,20H,8,11-12H2,1H3/t16-,18+,20+/m0/s1. The van der Waals surface area contributed by atoms with Crippen molar-refractivity contribution in [2.75, 3.05) is 0 Å². The van der Waals surface area contributed by atoms with E-state index in [1.165, 1.54) is 28.6 Å². The molecule has 3 aliphatic rings. The first-order valence-electron chi connectivity index (χ1n) is 9.39. The molecule has 2 heterocycles. The minimum absolute atomic E-state index is 0.0264. The molecule has 8 heteroatoms. The van der Waals surface area contributed by atoms with E-state index in [9.17, 15) is 26.4 Å². The summed E-state index contributed by atoms with van der Waals surface area (Å²) in [5, 5.41) is 0. The predicted molar refractivity (Wildman–Crippen MR) is 101 cm³/mol. The molecule has 4 nitrogen and oxygen atoms in total.